The third-order valence-corrected chi connectivity index (χ3v) is 3.54. The fourth-order valence-electron chi connectivity index (χ4n) is 2.41. The quantitative estimate of drug-likeness (QED) is 0.309. The SMILES string of the molecule is I.NC(=NCc1ccccc1-n1cccn1)Nc1ccccc1OC(F)(F)F. The highest BCUT2D eigenvalue weighted by atomic mass is 127. The molecule has 0 aliphatic heterocycles. The second-order valence-electron chi connectivity index (χ2n) is 5.45. The van der Waals surface area contributed by atoms with E-state index < -0.39 is 6.36 Å². The van der Waals surface area contributed by atoms with Crippen molar-refractivity contribution in [2.45, 2.75) is 12.9 Å². The van der Waals surface area contributed by atoms with E-state index in [1.54, 1.807) is 29.2 Å². The Morgan fingerprint density at radius 1 is 1.11 bits per heavy atom. The average molecular weight is 503 g/mol. The van der Waals surface area contributed by atoms with Crippen LogP contribution in [-0.4, -0.2) is 22.1 Å². The summed E-state index contributed by atoms with van der Waals surface area (Å²) < 4.78 is 43.1. The summed E-state index contributed by atoms with van der Waals surface area (Å²) in [6, 6.07) is 14.9. The van der Waals surface area contributed by atoms with Crippen LogP contribution in [0.5, 0.6) is 5.75 Å². The summed E-state index contributed by atoms with van der Waals surface area (Å²) >= 11 is 0. The molecule has 0 aliphatic carbocycles. The molecule has 2 aromatic carbocycles. The average Bonchev–Trinajstić information content (AvgIpc) is 3.15. The summed E-state index contributed by atoms with van der Waals surface area (Å²) in [7, 11) is 0. The number of halogens is 4. The maximum Gasteiger partial charge on any atom is 0.573 e. The molecule has 0 fully saturated rings. The van der Waals surface area contributed by atoms with E-state index in [4.69, 9.17) is 5.73 Å². The standard InChI is InChI=1S/C18H16F3N5O.HI/c19-18(20,21)27-16-9-4-2-7-14(16)25-17(22)23-12-13-6-1-3-8-15(13)26-11-5-10-24-26;/h1-11H,12H2,(H3,22,23,25);1H. The first-order valence-corrected chi connectivity index (χ1v) is 7.92. The van der Waals surface area contributed by atoms with Gasteiger partial charge in [-0.25, -0.2) is 9.67 Å². The molecule has 0 spiro atoms. The second-order valence-corrected chi connectivity index (χ2v) is 5.45. The van der Waals surface area contributed by atoms with Crippen LogP contribution in [0.25, 0.3) is 5.69 Å². The van der Waals surface area contributed by atoms with E-state index in [0.29, 0.717) is 0 Å². The van der Waals surface area contributed by atoms with Crippen LogP contribution in [0.2, 0.25) is 0 Å². The number of nitrogens with zero attached hydrogens (tertiary/aromatic N) is 3. The summed E-state index contributed by atoms with van der Waals surface area (Å²) in [6.07, 6.45) is -1.34. The lowest BCUT2D eigenvalue weighted by atomic mass is 10.2. The van der Waals surface area contributed by atoms with E-state index in [9.17, 15) is 13.2 Å². The number of rotatable bonds is 5. The zero-order valence-corrected chi connectivity index (χ0v) is 16.8. The molecule has 1 heterocycles. The van der Waals surface area contributed by atoms with Crippen LogP contribution in [0.3, 0.4) is 0 Å². The molecule has 0 saturated carbocycles. The van der Waals surface area contributed by atoms with Crippen molar-refractivity contribution in [3.63, 3.8) is 0 Å². The Bertz CT molecular complexity index is 929. The van der Waals surface area contributed by atoms with E-state index in [-0.39, 0.29) is 47.9 Å². The first-order chi connectivity index (χ1) is 12.9. The maximum absolute atomic E-state index is 12.5. The molecule has 10 heteroatoms. The molecule has 3 aromatic rings. The predicted octanol–water partition coefficient (Wildman–Crippen LogP) is 4.32. The Hall–Kier alpha value is -2.76. The number of alkyl halides is 3. The molecule has 0 bridgehead atoms. The largest absolute Gasteiger partial charge is 0.573 e. The molecule has 0 atom stereocenters. The number of aliphatic imine (C=N–C) groups is 1. The van der Waals surface area contributed by atoms with Gasteiger partial charge < -0.3 is 15.8 Å². The Labute approximate surface area is 176 Å². The van der Waals surface area contributed by atoms with Gasteiger partial charge in [0.15, 0.2) is 11.7 Å². The van der Waals surface area contributed by atoms with Crippen molar-refractivity contribution in [1.82, 2.24) is 9.78 Å². The number of nitrogens with one attached hydrogen (secondary N) is 1. The molecule has 0 saturated heterocycles. The number of anilines is 1. The Morgan fingerprint density at radius 3 is 2.54 bits per heavy atom. The predicted molar refractivity (Wildman–Crippen MR) is 111 cm³/mol. The molecule has 3 N–H and O–H groups in total. The van der Waals surface area contributed by atoms with Crippen molar-refractivity contribution in [3.8, 4) is 11.4 Å². The summed E-state index contributed by atoms with van der Waals surface area (Å²) in [5.41, 5.74) is 7.59. The van der Waals surface area contributed by atoms with Crippen LogP contribution in [0.4, 0.5) is 18.9 Å². The highest BCUT2D eigenvalue weighted by Crippen LogP contribution is 2.29. The first-order valence-electron chi connectivity index (χ1n) is 7.92. The van der Waals surface area contributed by atoms with Crippen molar-refractivity contribution >= 4 is 35.6 Å². The number of benzene rings is 2. The molecular formula is C18H17F3IN5O. The number of guanidine groups is 1. The lowest BCUT2D eigenvalue weighted by Gasteiger charge is -2.14. The molecule has 0 aliphatic rings. The van der Waals surface area contributed by atoms with Crippen molar-refractivity contribution in [1.29, 1.82) is 0 Å². The van der Waals surface area contributed by atoms with Gasteiger partial charge in [-0.1, -0.05) is 30.3 Å². The monoisotopic (exact) mass is 503 g/mol. The molecule has 1 aromatic heterocycles. The van der Waals surface area contributed by atoms with E-state index in [1.165, 1.54) is 18.2 Å². The summed E-state index contributed by atoms with van der Waals surface area (Å²) in [4.78, 5) is 4.20. The topological polar surface area (TPSA) is 77.5 Å². The third-order valence-electron chi connectivity index (χ3n) is 3.54. The summed E-state index contributed by atoms with van der Waals surface area (Å²) in [5, 5.41) is 6.82. The Morgan fingerprint density at radius 2 is 1.82 bits per heavy atom. The summed E-state index contributed by atoms with van der Waals surface area (Å²) in [5.74, 6) is -0.427. The lowest BCUT2D eigenvalue weighted by molar-refractivity contribution is -0.274. The minimum atomic E-state index is -4.80. The number of hydrogen-bond acceptors (Lipinski definition) is 3. The molecule has 0 radical (unpaired) electrons. The summed E-state index contributed by atoms with van der Waals surface area (Å²) in [6.45, 7) is 0.219. The van der Waals surface area contributed by atoms with Gasteiger partial charge >= 0.3 is 6.36 Å². The van der Waals surface area contributed by atoms with Gasteiger partial charge in [0.05, 0.1) is 17.9 Å². The molecule has 3 rings (SSSR count). The van der Waals surface area contributed by atoms with Crippen LogP contribution in [-0.2, 0) is 6.54 Å². The van der Waals surface area contributed by atoms with Crippen LogP contribution >= 0.6 is 24.0 Å². The molecule has 0 amide bonds. The number of para-hydroxylation sites is 3. The van der Waals surface area contributed by atoms with E-state index in [0.717, 1.165) is 11.3 Å². The zero-order chi connectivity index (χ0) is 19.3. The normalized spacial score (nSPS) is 11.6. The van der Waals surface area contributed by atoms with Gasteiger partial charge in [0.25, 0.3) is 0 Å². The van der Waals surface area contributed by atoms with Gasteiger partial charge in [-0.05, 0) is 29.8 Å². The van der Waals surface area contributed by atoms with Gasteiger partial charge in [-0.3, -0.25) is 0 Å². The molecule has 6 nitrogen and oxygen atoms in total. The van der Waals surface area contributed by atoms with Gasteiger partial charge in [0.2, 0.25) is 0 Å². The van der Waals surface area contributed by atoms with Gasteiger partial charge in [-0.15, -0.1) is 37.1 Å². The zero-order valence-electron chi connectivity index (χ0n) is 14.4. The molecule has 148 valence electrons. The van der Waals surface area contributed by atoms with Crippen LogP contribution < -0.4 is 15.8 Å². The highest BCUT2D eigenvalue weighted by molar-refractivity contribution is 14.0. The van der Waals surface area contributed by atoms with Crippen molar-refractivity contribution in [2.75, 3.05) is 5.32 Å². The Kier molecular flexibility index (Phi) is 7.26. The van der Waals surface area contributed by atoms with Crippen molar-refractivity contribution < 1.29 is 17.9 Å². The number of hydrogen-bond donors (Lipinski definition) is 2. The lowest BCUT2D eigenvalue weighted by Crippen LogP contribution is -2.24. The highest BCUT2D eigenvalue weighted by Gasteiger charge is 2.32. The minimum Gasteiger partial charge on any atom is -0.404 e. The van der Waals surface area contributed by atoms with Crippen molar-refractivity contribution in [3.05, 3.63) is 72.6 Å². The fraction of sp³-hybridized carbons (Fsp3) is 0.111. The second kappa shape index (κ2) is 9.44. The molecular weight excluding hydrogens is 486 g/mol. The minimum absolute atomic E-state index is 0. The van der Waals surface area contributed by atoms with Crippen LogP contribution in [0, 0.1) is 0 Å². The maximum atomic E-state index is 12.5. The van der Waals surface area contributed by atoms with Gasteiger partial charge in [0.1, 0.15) is 0 Å². The molecule has 0 unspecified atom stereocenters. The van der Waals surface area contributed by atoms with Gasteiger partial charge in [-0.2, -0.15) is 5.10 Å². The van der Waals surface area contributed by atoms with E-state index in [2.05, 4.69) is 20.1 Å². The number of nitrogens with two attached hydrogens (primary N) is 1. The van der Waals surface area contributed by atoms with Gasteiger partial charge in [0, 0.05) is 12.4 Å². The van der Waals surface area contributed by atoms with E-state index >= 15 is 0 Å². The van der Waals surface area contributed by atoms with E-state index in [1.807, 2.05) is 24.3 Å². The van der Waals surface area contributed by atoms with Crippen LogP contribution in [0.15, 0.2) is 72.0 Å². The first kappa shape index (κ1) is 21.5. The van der Waals surface area contributed by atoms with Crippen LogP contribution in [0.1, 0.15) is 5.56 Å². The van der Waals surface area contributed by atoms with Crippen molar-refractivity contribution in [2.24, 2.45) is 10.7 Å². The number of ether oxygens (including phenoxy) is 1. The smallest absolute Gasteiger partial charge is 0.404 e. The number of aromatic nitrogens is 2. The Balaban J connectivity index is 0.00000280. The fourth-order valence-corrected chi connectivity index (χ4v) is 2.41. The molecule has 28 heavy (non-hydrogen) atoms. The third kappa shape index (κ3) is 5.87.